The first kappa shape index (κ1) is 16.2. The van der Waals surface area contributed by atoms with Gasteiger partial charge in [-0.05, 0) is 32.7 Å². The molecule has 1 saturated heterocycles. The van der Waals surface area contributed by atoms with Gasteiger partial charge < -0.3 is 14.8 Å². The number of aliphatic hydroxyl groups excluding tert-OH is 1. The molecule has 0 spiro atoms. The topological polar surface area (TPSA) is 82.6 Å². The molecule has 118 valence electrons. The van der Waals surface area contributed by atoms with Crippen molar-refractivity contribution < 1.29 is 14.6 Å². The Kier molecular flexibility index (Phi) is 5.96. The van der Waals surface area contributed by atoms with Gasteiger partial charge in [-0.1, -0.05) is 17.8 Å². The average molecular weight is 314 g/mol. The van der Waals surface area contributed by atoms with E-state index in [0.717, 1.165) is 48.4 Å². The molecule has 0 saturated carbocycles. The molecular formula is C14H22N2O4S. The third-order valence-corrected chi connectivity index (χ3v) is 4.63. The normalized spacial score (nSPS) is 19.6. The fraction of sp³-hybridized carbons (Fsp3) is 0.714. The number of piperidine rings is 1. The highest BCUT2D eigenvalue weighted by Crippen LogP contribution is 2.23. The number of nitrogens with one attached hydrogen (secondary N) is 1. The number of H-pyrrole nitrogens is 1. The first-order valence-corrected chi connectivity index (χ1v) is 8.21. The van der Waals surface area contributed by atoms with Crippen molar-refractivity contribution in [2.45, 2.75) is 45.2 Å². The van der Waals surface area contributed by atoms with Crippen LogP contribution in [0.5, 0.6) is 0 Å². The molecule has 21 heavy (non-hydrogen) atoms. The van der Waals surface area contributed by atoms with Gasteiger partial charge in [-0.3, -0.25) is 9.69 Å². The standard InChI is InChI=1S/C14H22N2O4S/c1-2-20-13(18)12-11(21-14(19)15-12)9-16-7-4-3-5-10(16)6-8-17/h10,17H,2-9H2,1H3,(H,15,19). The van der Waals surface area contributed by atoms with Crippen molar-refractivity contribution in [3.05, 3.63) is 20.2 Å². The van der Waals surface area contributed by atoms with Crippen molar-refractivity contribution in [1.29, 1.82) is 0 Å². The molecule has 6 nitrogen and oxygen atoms in total. The quantitative estimate of drug-likeness (QED) is 0.775. The third kappa shape index (κ3) is 4.15. The van der Waals surface area contributed by atoms with E-state index in [1.54, 1.807) is 6.92 Å². The van der Waals surface area contributed by atoms with Crippen LogP contribution in [-0.4, -0.2) is 46.8 Å². The maximum Gasteiger partial charge on any atom is 0.356 e. The van der Waals surface area contributed by atoms with Gasteiger partial charge in [0.2, 0.25) is 0 Å². The van der Waals surface area contributed by atoms with Crippen LogP contribution in [0.4, 0.5) is 0 Å². The van der Waals surface area contributed by atoms with Crippen molar-refractivity contribution in [2.24, 2.45) is 0 Å². The van der Waals surface area contributed by atoms with Gasteiger partial charge in [0.25, 0.3) is 0 Å². The molecule has 1 aliphatic heterocycles. The Morgan fingerprint density at radius 1 is 1.52 bits per heavy atom. The Hall–Kier alpha value is -1.18. The van der Waals surface area contributed by atoms with E-state index in [0.29, 0.717) is 12.6 Å². The lowest BCUT2D eigenvalue weighted by Crippen LogP contribution is -2.39. The van der Waals surface area contributed by atoms with E-state index in [2.05, 4.69) is 9.88 Å². The van der Waals surface area contributed by atoms with Gasteiger partial charge in [0.05, 0.1) is 11.5 Å². The smallest absolute Gasteiger partial charge is 0.356 e. The molecule has 2 heterocycles. The first-order chi connectivity index (χ1) is 10.2. The van der Waals surface area contributed by atoms with Gasteiger partial charge in [0.15, 0.2) is 0 Å². The predicted molar refractivity (Wildman–Crippen MR) is 80.6 cm³/mol. The summed E-state index contributed by atoms with van der Waals surface area (Å²) < 4.78 is 4.98. The summed E-state index contributed by atoms with van der Waals surface area (Å²) in [5, 5.41) is 9.16. The summed E-state index contributed by atoms with van der Waals surface area (Å²) in [5.74, 6) is -0.471. The Balaban J connectivity index is 2.14. The lowest BCUT2D eigenvalue weighted by Gasteiger charge is -2.35. The summed E-state index contributed by atoms with van der Waals surface area (Å²) in [6.45, 7) is 3.67. The summed E-state index contributed by atoms with van der Waals surface area (Å²) in [4.78, 5) is 28.8. The number of carbonyl (C=O) groups excluding carboxylic acids is 1. The van der Waals surface area contributed by atoms with Crippen molar-refractivity contribution in [3.63, 3.8) is 0 Å². The van der Waals surface area contributed by atoms with E-state index in [-0.39, 0.29) is 23.8 Å². The fourth-order valence-corrected chi connectivity index (χ4v) is 3.61. The van der Waals surface area contributed by atoms with Crippen LogP contribution in [0.3, 0.4) is 0 Å². The Morgan fingerprint density at radius 2 is 2.33 bits per heavy atom. The van der Waals surface area contributed by atoms with Gasteiger partial charge >= 0.3 is 10.8 Å². The van der Waals surface area contributed by atoms with Gasteiger partial charge in [0, 0.05) is 19.2 Å². The molecule has 0 bridgehead atoms. The number of nitrogens with zero attached hydrogens (tertiary/aromatic N) is 1. The SMILES string of the molecule is CCOC(=O)c1[nH]c(=O)sc1CN1CCCCC1CCO. The number of thiazole rings is 1. The second-order valence-electron chi connectivity index (χ2n) is 5.17. The molecule has 1 aromatic rings. The van der Waals surface area contributed by atoms with E-state index in [1.165, 1.54) is 0 Å². The van der Waals surface area contributed by atoms with Crippen LogP contribution in [0, 0.1) is 0 Å². The minimum atomic E-state index is -0.471. The molecule has 1 aliphatic rings. The molecule has 0 aromatic carbocycles. The molecule has 0 radical (unpaired) electrons. The van der Waals surface area contributed by atoms with Gasteiger partial charge in [-0.2, -0.15) is 0 Å². The highest BCUT2D eigenvalue weighted by Gasteiger charge is 2.25. The number of carbonyl (C=O) groups is 1. The first-order valence-electron chi connectivity index (χ1n) is 7.39. The molecule has 2 rings (SSSR count). The summed E-state index contributed by atoms with van der Waals surface area (Å²) in [6.07, 6.45) is 4.05. The molecule has 1 unspecified atom stereocenters. The highest BCUT2D eigenvalue weighted by molar-refractivity contribution is 7.09. The average Bonchev–Trinajstić information content (AvgIpc) is 2.82. The zero-order valence-corrected chi connectivity index (χ0v) is 13.1. The number of aromatic nitrogens is 1. The van der Waals surface area contributed by atoms with Crippen LogP contribution in [0.1, 0.15) is 48.0 Å². The lowest BCUT2D eigenvalue weighted by atomic mass is 9.99. The summed E-state index contributed by atoms with van der Waals surface area (Å²) in [6, 6.07) is 0.316. The van der Waals surface area contributed by atoms with E-state index in [4.69, 9.17) is 9.84 Å². The van der Waals surface area contributed by atoms with Crippen molar-refractivity contribution in [2.75, 3.05) is 19.8 Å². The second-order valence-corrected chi connectivity index (χ2v) is 6.23. The number of aliphatic hydroxyl groups is 1. The van der Waals surface area contributed by atoms with E-state index >= 15 is 0 Å². The van der Waals surface area contributed by atoms with Gasteiger partial charge in [-0.15, -0.1) is 0 Å². The second kappa shape index (κ2) is 7.72. The Labute approximate surface area is 127 Å². The van der Waals surface area contributed by atoms with Crippen molar-refractivity contribution >= 4 is 17.3 Å². The number of rotatable bonds is 6. The van der Waals surface area contributed by atoms with Gasteiger partial charge in [-0.25, -0.2) is 4.79 Å². The van der Waals surface area contributed by atoms with E-state index in [9.17, 15) is 9.59 Å². The lowest BCUT2D eigenvalue weighted by molar-refractivity contribution is 0.0515. The number of ether oxygens (including phenoxy) is 1. The van der Waals surface area contributed by atoms with Crippen molar-refractivity contribution in [3.8, 4) is 0 Å². The Morgan fingerprint density at radius 3 is 3.05 bits per heavy atom. The fourth-order valence-electron chi connectivity index (χ4n) is 2.77. The molecule has 1 atom stereocenters. The monoisotopic (exact) mass is 314 g/mol. The van der Waals surface area contributed by atoms with Crippen LogP contribution in [0.15, 0.2) is 4.79 Å². The number of esters is 1. The van der Waals surface area contributed by atoms with E-state index < -0.39 is 5.97 Å². The largest absolute Gasteiger partial charge is 0.461 e. The zero-order chi connectivity index (χ0) is 15.2. The number of hydrogen-bond acceptors (Lipinski definition) is 6. The number of hydrogen-bond donors (Lipinski definition) is 2. The third-order valence-electron chi connectivity index (χ3n) is 3.76. The molecule has 0 aliphatic carbocycles. The summed E-state index contributed by atoms with van der Waals surface area (Å²) in [5.41, 5.74) is 0.278. The maximum absolute atomic E-state index is 11.9. The van der Waals surface area contributed by atoms with Crippen LogP contribution in [-0.2, 0) is 11.3 Å². The molecule has 1 aromatic heterocycles. The molecule has 0 amide bonds. The predicted octanol–water partition coefficient (Wildman–Crippen LogP) is 1.35. The summed E-state index contributed by atoms with van der Waals surface area (Å²) >= 11 is 1.07. The number of aromatic amines is 1. The Bertz CT molecular complexity index is 523. The minimum Gasteiger partial charge on any atom is -0.461 e. The van der Waals surface area contributed by atoms with Crippen LogP contribution >= 0.6 is 11.3 Å². The molecule has 2 N–H and O–H groups in total. The highest BCUT2D eigenvalue weighted by atomic mass is 32.1. The van der Waals surface area contributed by atoms with Gasteiger partial charge in [0.1, 0.15) is 5.69 Å². The van der Waals surface area contributed by atoms with E-state index in [1.807, 2.05) is 0 Å². The van der Waals surface area contributed by atoms with Crippen LogP contribution in [0.2, 0.25) is 0 Å². The molecule has 7 heteroatoms. The number of likely N-dealkylation sites (tertiary alicyclic amines) is 1. The van der Waals surface area contributed by atoms with Crippen LogP contribution in [0.25, 0.3) is 0 Å². The molecule has 1 fully saturated rings. The summed E-state index contributed by atoms with van der Waals surface area (Å²) in [7, 11) is 0. The van der Waals surface area contributed by atoms with Crippen molar-refractivity contribution in [1.82, 2.24) is 9.88 Å². The van der Waals surface area contributed by atoms with Crippen LogP contribution < -0.4 is 4.87 Å². The minimum absolute atomic E-state index is 0.162. The zero-order valence-electron chi connectivity index (χ0n) is 12.3. The maximum atomic E-state index is 11.9. The molecular weight excluding hydrogens is 292 g/mol.